The van der Waals surface area contributed by atoms with E-state index in [1.807, 2.05) is 36.4 Å². The van der Waals surface area contributed by atoms with E-state index >= 15 is 0 Å². The molecule has 1 aromatic carbocycles. The lowest BCUT2D eigenvalue weighted by molar-refractivity contribution is -0.945. The maximum atomic E-state index is 13.1. The highest BCUT2D eigenvalue weighted by Gasteiger charge is 2.47. The maximum Gasteiger partial charge on any atom is 0.331 e. The van der Waals surface area contributed by atoms with Crippen molar-refractivity contribution in [3.63, 3.8) is 0 Å². The van der Waals surface area contributed by atoms with Crippen LogP contribution in [-0.2, 0) is 16.0 Å². The van der Waals surface area contributed by atoms with Crippen molar-refractivity contribution in [1.82, 2.24) is 10.2 Å². The van der Waals surface area contributed by atoms with Crippen molar-refractivity contribution in [3.05, 3.63) is 47.5 Å². The number of urea groups is 1. The van der Waals surface area contributed by atoms with E-state index in [0.29, 0.717) is 18.3 Å². The van der Waals surface area contributed by atoms with Crippen LogP contribution in [0.25, 0.3) is 0 Å². The Bertz CT molecular complexity index is 877. The molecular formula is C25H32N3O3+. The van der Waals surface area contributed by atoms with Gasteiger partial charge < -0.3 is 4.90 Å². The van der Waals surface area contributed by atoms with E-state index in [9.17, 15) is 14.4 Å². The zero-order valence-electron chi connectivity index (χ0n) is 18.0. The van der Waals surface area contributed by atoms with Crippen LogP contribution in [0.2, 0.25) is 0 Å². The van der Waals surface area contributed by atoms with Crippen molar-refractivity contribution < 1.29 is 19.3 Å². The van der Waals surface area contributed by atoms with E-state index in [0.717, 1.165) is 24.4 Å². The first-order valence-corrected chi connectivity index (χ1v) is 11.9. The summed E-state index contributed by atoms with van der Waals surface area (Å²) in [4.78, 5) is 41.0. The van der Waals surface area contributed by atoms with Crippen molar-refractivity contribution in [2.24, 2.45) is 17.8 Å². The number of barbiturate groups is 1. The molecule has 0 aromatic heterocycles. The zero-order valence-corrected chi connectivity index (χ0v) is 18.0. The number of carbonyl (C=O) groups excluding carboxylic acids is 3. The number of benzene rings is 1. The summed E-state index contributed by atoms with van der Waals surface area (Å²) >= 11 is 0. The molecular weight excluding hydrogens is 390 g/mol. The minimum absolute atomic E-state index is 0.159. The molecule has 3 aliphatic heterocycles. The van der Waals surface area contributed by atoms with Crippen molar-refractivity contribution >= 4 is 17.8 Å². The number of nitrogens with zero attached hydrogens (tertiary/aromatic N) is 1. The van der Waals surface area contributed by atoms with Gasteiger partial charge in [0.1, 0.15) is 5.57 Å². The second-order valence-electron chi connectivity index (χ2n) is 9.75. The molecule has 1 saturated carbocycles. The van der Waals surface area contributed by atoms with Crippen molar-refractivity contribution in [2.75, 3.05) is 19.6 Å². The number of allylic oxidation sites excluding steroid dienone is 1. The summed E-state index contributed by atoms with van der Waals surface area (Å²) in [6.07, 6.45) is 9.72. The highest BCUT2D eigenvalue weighted by molar-refractivity contribution is 6.28. The van der Waals surface area contributed by atoms with E-state index in [1.54, 1.807) is 4.90 Å². The van der Waals surface area contributed by atoms with Gasteiger partial charge in [-0.1, -0.05) is 36.4 Å². The molecule has 4 amide bonds. The van der Waals surface area contributed by atoms with Gasteiger partial charge >= 0.3 is 6.03 Å². The molecule has 0 unspecified atom stereocenters. The minimum Gasteiger partial charge on any atom is -0.332 e. The van der Waals surface area contributed by atoms with Gasteiger partial charge in [-0.2, -0.15) is 0 Å². The smallest absolute Gasteiger partial charge is 0.331 e. The highest BCUT2D eigenvalue weighted by atomic mass is 16.2. The molecule has 0 bridgehead atoms. The number of amides is 4. The predicted octanol–water partition coefficient (Wildman–Crippen LogP) is 1.72. The Labute approximate surface area is 183 Å². The summed E-state index contributed by atoms with van der Waals surface area (Å²) in [7, 11) is 0. The summed E-state index contributed by atoms with van der Waals surface area (Å²) in [5, 5.41) is 2.39. The monoisotopic (exact) mass is 422 g/mol. The molecule has 0 spiro atoms. The fourth-order valence-electron chi connectivity index (χ4n) is 6.63. The van der Waals surface area contributed by atoms with Crippen LogP contribution in [0.4, 0.5) is 4.79 Å². The van der Waals surface area contributed by atoms with Crippen LogP contribution in [0.1, 0.15) is 44.1 Å². The van der Waals surface area contributed by atoms with Gasteiger partial charge in [-0.15, -0.1) is 0 Å². The molecule has 4 fully saturated rings. The first kappa shape index (κ1) is 20.4. The molecule has 1 aliphatic carbocycles. The molecule has 6 nitrogen and oxygen atoms in total. The van der Waals surface area contributed by atoms with Crippen LogP contribution in [-0.4, -0.2) is 48.4 Å². The molecule has 0 radical (unpaired) electrons. The van der Waals surface area contributed by atoms with Crippen molar-refractivity contribution in [3.8, 4) is 0 Å². The zero-order chi connectivity index (χ0) is 21.4. The Hall–Kier alpha value is -2.47. The second-order valence-corrected chi connectivity index (χ2v) is 9.75. The Kier molecular flexibility index (Phi) is 5.65. The normalized spacial score (nSPS) is 34.5. The topological polar surface area (TPSA) is 70.9 Å². The number of rotatable bonds is 4. The lowest BCUT2D eigenvalue weighted by Gasteiger charge is -2.50. The summed E-state index contributed by atoms with van der Waals surface area (Å²) in [6.45, 7) is 2.89. The van der Waals surface area contributed by atoms with Crippen LogP contribution in [0.3, 0.4) is 0 Å². The number of nitrogens with one attached hydrogen (secondary N) is 2. The number of quaternary nitrogens is 1. The molecule has 4 aliphatic rings. The standard InChI is InChI=1S/C25H31N3O3/c29-23-21(24(30)28(25(31)26-23)13-10-17-6-2-1-3-7-17)16-18-14-19-8-4-11-27-12-5-9-20(15-18)22(19)27/h1-3,6-7,16,18-20,22H,4-5,8-15H2,(H,26,29,31)/p+1/t18?,19-,20-,22?/m0/s1. The van der Waals surface area contributed by atoms with E-state index < -0.39 is 17.8 Å². The number of carbonyl (C=O) groups is 3. The molecule has 2 atom stereocenters. The van der Waals surface area contributed by atoms with E-state index in [2.05, 4.69) is 5.32 Å². The van der Waals surface area contributed by atoms with Gasteiger partial charge in [0.05, 0.1) is 19.1 Å². The fourth-order valence-corrected chi connectivity index (χ4v) is 6.63. The maximum absolute atomic E-state index is 13.1. The minimum atomic E-state index is -0.606. The number of hydrogen-bond donors (Lipinski definition) is 2. The van der Waals surface area contributed by atoms with Gasteiger partial charge in [0.25, 0.3) is 11.8 Å². The molecule has 3 heterocycles. The van der Waals surface area contributed by atoms with E-state index in [-0.39, 0.29) is 18.0 Å². The SMILES string of the molecule is O=C1NC(=O)N(CCc2ccccc2)C(=O)C1=CC1C[C@@H]2CCC[NH+]3CCC[C@@H](C1)C23. The third-order valence-electron chi connectivity index (χ3n) is 7.90. The van der Waals surface area contributed by atoms with Gasteiger partial charge in [0, 0.05) is 18.4 Å². The fraction of sp³-hybridized carbons (Fsp3) is 0.560. The molecule has 31 heavy (non-hydrogen) atoms. The quantitative estimate of drug-likeness (QED) is 0.573. The van der Waals surface area contributed by atoms with Gasteiger partial charge in [-0.25, -0.2) is 4.79 Å². The number of piperidine rings is 2. The molecule has 3 saturated heterocycles. The lowest BCUT2D eigenvalue weighted by Crippen LogP contribution is -3.19. The van der Waals surface area contributed by atoms with Crippen LogP contribution in [0, 0.1) is 17.8 Å². The predicted molar refractivity (Wildman–Crippen MR) is 116 cm³/mol. The number of hydrogen-bond acceptors (Lipinski definition) is 3. The summed E-state index contributed by atoms with van der Waals surface area (Å²) in [5.41, 5.74) is 1.22. The summed E-state index contributed by atoms with van der Waals surface area (Å²) in [5.74, 6) is 0.668. The van der Waals surface area contributed by atoms with Crippen molar-refractivity contribution in [1.29, 1.82) is 0 Å². The van der Waals surface area contributed by atoms with Gasteiger partial charge in [-0.3, -0.25) is 19.8 Å². The van der Waals surface area contributed by atoms with E-state index in [1.165, 1.54) is 43.7 Å². The third-order valence-corrected chi connectivity index (χ3v) is 7.90. The molecule has 164 valence electrons. The van der Waals surface area contributed by atoms with Crippen molar-refractivity contribution in [2.45, 2.75) is 51.0 Å². The van der Waals surface area contributed by atoms with Crippen LogP contribution in [0.5, 0.6) is 0 Å². The van der Waals surface area contributed by atoms with Gasteiger partial charge in [0.2, 0.25) is 0 Å². The second kappa shape index (κ2) is 8.58. The highest BCUT2D eigenvalue weighted by Crippen LogP contribution is 2.40. The Balaban J connectivity index is 1.31. The first-order valence-electron chi connectivity index (χ1n) is 11.9. The Morgan fingerprint density at radius 2 is 1.68 bits per heavy atom. The summed E-state index contributed by atoms with van der Waals surface area (Å²) < 4.78 is 0. The largest absolute Gasteiger partial charge is 0.332 e. The lowest BCUT2D eigenvalue weighted by atomic mass is 9.65. The number of imide groups is 2. The summed E-state index contributed by atoms with van der Waals surface area (Å²) in [6, 6.07) is 9.95. The Morgan fingerprint density at radius 3 is 2.35 bits per heavy atom. The van der Waals surface area contributed by atoms with Gasteiger partial charge in [0.15, 0.2) is 0 Å². The molecule has 1 aromatic rings. The molecule has 2 N–H and O–H groups in total. The Morgan fingerprint density at radius 1 is 1.00 bits per heavy atom. The van der Waals surface area contributed by atoms with Crippen LogP contribution in [0.15, 0.2) is 42.0 Å². The average Bonchev–Trinajstić information content (AvgIpc) is 2.77. The third kappa shape index (κ3) is 4.05. The first-order chi connectivity index (χ1) is 15.1. The van der Waals surface area contributed by atoms with E-state index in [4.69, 9.17) is 0 Å². The average molecular weight is 423 g/mol. The van der Waals surface area contributed by atoms with Gasteiger partial charge in [-0.05, 0) is 56.4 Å². The molecule has 5 rings (SSSR count). The van der Waals surface area contributed by atoms with Crippen LogP contribution < -0.4 is 10.2 Å². The molecule has 6 heteroatoms. The van der Waals surface area contributed by atoms with Crippen LogP contribution >= 0.6 is 0 Å².